The maximum Gasteiger partial charge on any atom is 0.238 e. The number of benzene rings is 2. The number of carbonyl (C=O) groups is 2. The standard InChI is InChI=1S/C24H21ClN2O3/c1-11-6-5-7-12(2)21(11)27-23(28)17-14-10-15(18(17)24(27)29)22-19(14)20(26-30-22)13-8-3-4-9-16(13)25/h3-9,14-15,17-19,22H,10H2,1-2H3. The topological polar surface area (TPSA) is 59.0 Å². The second-order valence-electron chi connectivity index (χ2n) is 8.92. The van der Waals surface area contributed by atoms with Crippen molar-refractivity contribution in [1.29, 1.82) is 0 Å². The van der Waals surface area contributed by atoms with E-state index in [0.717, 1.165) is 34.5 Å². The van der Waals surface area contributed by atoms with Crippen LogP contribution in [-0.2, 0) is 14.4 Å². The van der Waals surface area contributed by atoms with Crippen LogP contribution in [0.25, 0.3) is 0 Å². The normalized spacial score (nSPS) is 33.6. The Labute approximate surface area is 179 Å². The third-order valence-corrected chi connectivity index (χ3v) is 7.83. The largest absolute Gasteiger partial charge is 0.391 e. The smallest absolute Gasteiger partial charge is 0.238 e. The zero-order valence-corrected chi connectivity index (χ0v) is 17.5. The predicted molar refractivity (Wildman–Crippen MR) is 113 cm³/mol. The summed E-state index contributed by atoms with van der Waals surface area (Å²) < 4.78 is 0. The van der Waals surface area contributed by atoms with E-state index in [2.05, 4.69) is 5.16 Å². The van der Waals surface area contributed by atoms with Crippen molar-refractivity contribution in [2.75, 3.05) is 4.90 Å². The zero-order valence-electron chi connectivity index (χ0n) is 16.7. The highest BCUT2D eigenvalue weighted by Crippen LogP contribution is 2.62. The molecule has 0 spiro atoms. The first-order chi connectivity index (χ1) is 14.5. The van der Waals surface area contributed by atoms with Gasteiger partial charge in [-0.15, -0.1) is 0 Å². The van der Waals surface area contributed by atoms with Crippen molar-refractivity contribution < 1.29 is 14.4 Å². The van der Waals surface area contributed by atoms with Crippen LogP contribution in [0.4, 0.5) is 5.69 Å². The number of para-hydroxylation sites is 1. The lowest BCUT2D eigenvalue weighted by molar-refractivity contribution is -0.125. The molecular weight excluding hydrogens is 400 g/mol. The molecular formula is C24H21ClN2O3. The Bertz CT molecular complexity index is 1120. The fourth-order valence-corrected chi connectivity index (χ4v) is 6.63. The van der Waals surface area contributed by atoms with Crippen molar-refractivity contribution in [3.05, 3.63) is 64.2 Å². The van der Waals surface area contributed by atoms with Crippen molar-refractivity contribution >= 4 is 34.8 Å². The molecule has 152 valence electrons. The van der Waals surface area contributed by atoms with Crippen LogP contribution < -0.4 is 4.90 Å². The highest BCUT2D eigenvalue weighted by atomic mass is 35.5. The van der Waals surface area contributed by atoms with Gasteiger partial charge < -0.3 is 4.84 Å². The van der Waals surface area contributed by atoms with Gasteiger partial charge in [0.15, 0.2) is 0 Å². The van der Waals surface area contributed by atoms with E-state index in [1.54, 1.807) is 0 Å². The summed E-state index contributed by atoms with van der Waals surface area (Å²) in [4.78, 5) is 34.4. The van der Waals surface area contributed by atoms with Gasteiger partial charge in [-0.25, -0.2) is 4.90 Å². The van der Waals surface area contributed by atoms with Gasteiger partial charge in [-0.05, 0) is 43.4 Å². The Morgan fingerprint density at radius 3 is 2.30 bits per heavy atom. The van der Waals surface area contributed by atoms with E-state index < -0.39 is 0 Å². The third kappa shape index (κ3) is 2.16. The number of hydrogen-bond acceptors (Lipinski definition) is 4. The Morgan fingerprint density at radius 2 is 1.60 bits per heavy atom. The van der Waals surface area contributed by atoms with Gasteiger partial charge in [-0.2, -0.15) is 0 Å². The zero-order chi connectivity index (χ0) is 20.7. The summed E-state index contributed by atoms with van der Waals surface area (Å²) in [6, 6.07) is 13.5. The summed E-state index contributed by atoms with van der Waals surface area (Å²) in [6.45, 7) is 3.90. The molecule has 6 rings (SSSR count). The number of imide groups is 1. The van der Waals surface area contributed by atoms with Gasteiger partial charge in [0.2, 0.25) is 11.8 Å². The lowest BCUT2D eigenvalue weighted by atomic mass is 9.71. The number of amides is 2. The Morgan fingerprint density at radius 1 is 0.933 bits per heavy atom. The van der Waals surface area contributed by atoms with E-state index in [-0.39, 0.29) is 47.5 Å². The Hall–Kier alpha value is -2.66. The molecule has 2 aromatic carbocycles. The average Bonchev–Trinajstić information content (AvgIpc) is 3.45. The summed E-state index contributed by atoms with van der Waals surface area (Å²) in [7, 11) is 0. The Kier molecular flexibility index (Phi) is 3.73. The highest BCUT2D eigenvalue weighted by molar-refractivity contribution is 6.34. The number of aryl methyl sites for hydroxylation is 2. The number of rotatable bonds is 2. The molecule has 0 radical (unpaired) electrons. The second-order valence-corrected chi connectivity index (χ2v) is 9.33. The molecule has 0 N–H and O–H groups in total. The van der Waals surface area contributed by atoms with Gasteiger partial charge in [-0.1, -0.05) is 53.2 Å². The lowest BCUT2D eigenvalue weighted by Gasteiger charge is -2.30. The SMILES string of the molecule is Cc1cccc(C)c1N1C(=O)C2C3CC(C4C(c5ccccc5Cl)=NOC34)C2C1=O. The summed E-state index contributed by atoms with van der Waals surface area (Å²) >= 11 is 6.43. The number of halogens is 1. The molecule has 2 aromatic rings. The van der Waals surface area contributed by atoms with Gasteiger partial charge in [0.25, 0.3) is 0 Å². The quantitative estimate of drug-likeness (QED) is 0.686. The highest BCUT2D eigenvalue weighted by Gasteiger charge is 2.70. The van der Waals surface area contributed by atoms with E-state index in [9.17, 15) is 9.59 Å². The molecule has 0 aromatic heterocycles. The first-order valence-electron chi connectivity index (χ1n) is 10.4. The van der Waals surface area contributed by atoms with Gasteiger partial charge in [-0.3, -0.25) is 9.59 Å². The molecule has 1 saturated heterocycles. The lowest BCUT2D eigenvalue weighted by Crippen LogP contribution is -2.41. The molecule has 2 heterocycles. The summed E-state index contributed by atoms with van der Waals surface area (Å²) in [5.41, 5.74) is 4.31. The molecule has 2 amide bonds. The van der Waals surface area contributed by atoms with Crippen LogP contribution in [0.5, 0.6) is 0 Å². The number of carbonyl (C=O) groups excluding carboxylic acids is 2. The van der Waals surface area contributed by atoms with Crippen LogP contribution in [0.15, 0.2) is 47.6 Å². The molecule has 30 heavy (non-hydrogen) atoms. The van der Waals surface area contributed by atoms with Crippen LogP contribution in [0.2, 0.25) is 5.02 Å². The van der Waals surface area contributed by atoms with Crippen LogP contribution in [0, 0.1) is 43.4 Å². The molecule has 6 heteroatoms. The van der Waals surface area contributed by atoms with Crippen molar-refractivity contribution in [3.63, 3.8) is 0 Å². The van der Waals surface area contributed by atoms with Gasteiger partial charge in [0.1, 0.15) is 6.10 Å². The summed E-state index contributed by atoms with van der Waals surface area (Å²) in [5, 5.41) is 5.00. The van der Waals surface area contributed by atoms with Crippen molar-refractivity contribution in [2.45, 2.75) is 26.4 Å². The van der Waals surface area contributed by atoms with E-state index >= 15 is 0 Å². The number of anilines is 1. The third-order valence-electron chi connectivity index (χ3n) is 7.50. The first-order valence-corrected chi connectivity index (χ1v) is 10.8. The van der Waals surface area contributed by atoms with E-state index in [4.69, 9.17) is 16.4 Å². The van der Waals surface area contributed by atoms with E-state index in [0.29, 0.717) is 5.02 Å². The van der Waals surface area contributed by atoms with Crippen molar-refractivity contribution in [1.82, 2.24) is 0 Å². The van der Waals surface area contributed by atoms with Gasteiger partial charge in [0.05, 0.1) is 23.2 Å². The Balaban J connectivity index is 1.40. The van der Waals surface area contributed by atoms with Crippen LogP contribution in [-0.4, -0.2) is 23.6 Å². The monoisotopic (exact) mass is 420 g/mol. The van der Waals surface area contributed by atoms with Gasteiger partial charge in [0, 0.05) is 22.4 Å². The number of fused-ring (bicyclic) bond motifs is 8. The minimum absolute atomic E-state index is 0.00539. The molecule has 6 atom stereocenters. The second kappa shape index (κ2) is 6.17. The van der Waals surface area contributed by atoms with Gasteiger partial charge >= 0.3 is 0 Å². The fraction of sp³-hybridized carbons (Fsp3) is 0.375. The fourth-order valence-electron chi connectivity index (χ4n) is 6.40. The van der Waals surface area contributed by atoms with E-state index in [1.807, 2.05) is 56.3 Å². The molecule has 3 fully saturated rings. The molecule has 4 aliphatic rings. The minimum atomic E-state index is -0.316. The molecule has 6 unspecified atom stereocenters. The first kappa shape index (κ1) is 18.1. The van der Waals surface area contributed by atoms with Crippen LogP contribution in [0.3, 0.4) is 0 Å². The summed E-state index contributed by atoms with van der Waals surface area (Å²) in [6.07, 6.45) is 0.670. The molecule has 2 saturated carbocycles. The maximum atomic E-state index is 13.6. The molecule has 2 aliphatic carbocycles. The van der Waals surface area contributed by atoms with Crippen LogP contribution >= 0.6 is 11.6 Å². The number of nitrogens with zero attached hydrogens (tertiary/aromatic N) is 2. The minimum Gasteiger partial charge on any atom is -0.391 e. The molecule has 2 aliphatic heterocycles. The number of oxime groups is 1. The maximum absolute atomic E-state index is 13.6. The van der Waals surface area contributed by atoms with E-state index in [1.165, 1.54) is 4.90 Å². The van der Waals surface area contributed by atoms with Crippen molar-refractivity contribution in [3.8, 4) is 0 Å². The number of hydrogen-bond donors (Lipinski definition) is 0. The average molecular weight is 421 g/mol. The summed E-state index contributed by atoms with van der Waals surface area (Å²) in [5.74, 6) is -0.707. The molecule has 5 nitrogen and oxygen atoms in total. The van der Waals surface area contributed by atoms with Crippen LogP contribution in [0.1, 0.15) is 23.1 Å². The van der Waals surface area contributed by atoms with Crippen molar-refractivity contribution in [2.24, 2.45) is 34.7 Å². The predicted octanol–water partition coefficient (Wildman–Crippen LogP) is 4.13. The molecule has 2 bridgehead atoms.